The molecule has 0 saturated heterocycles. The van der Waals surface area contributed by atoms with E-state index in [1.807, 2.05) is 14.0 Å². The van der Waals surface area contributed by atoms with Crippen molar-refractivity contribution in [3.8, 4) is 0 Å². The maximum Gasteiger partial charge on any atom is 0.220 e. The van der Waals surface area contributed by atoms with Crippen LogP contribution in [0.3, 0.4) is 0 Å². The zero-order valence-electron chi connectivity index (χ0n) is 8.72. The van der Waals surface area contributed by atoms with Gasteiger partial charge >= 0.3 is 0 Å². The Morgan fingerprint density at radius 2 is 2.23 bits per heavy atom. The van der Waals surface area contributed by atoms with Crippen molar-refractivity contribution in [3.63, 3.8) is 0 Å². The van der Waals surface area contributed by atoms with Gasteiger partial charge in [0.1, 0.15) is 0 Å². The van der Waals surface area contributed by atoms with Gasteiger partial charge in [-0.1, -0.05) is 0 Å². The first-order valence-electron chi connectivity index (χ1n) is 4.63. The number of rotatable bonds is 7. The highest BCUT2D eigenvalue weighted by molar-refractivity contribution is 7.98. The summed E-state index contributed by atoms with van der Waals surface area (Å²) >= 11 is 1.78. The van der Waals surface area contributed by atoms with Crippen LogP contribution in [0.2, 0.25) is 0 Å². The Morgan fingerprint density at radius 1 is 1.54 bits per heavy atom. The monoisotopic (exact) mass is 204 g/mol. The van der Waals surface area contributed by atoms with E-state index in [2.05, 4.69) is 16.9 Å². The summed E-state index contributed by atoms with van der Waals surface area (Å²) < 4.78 is 0. The highest BCUT2D eigenvalue weighted by atomic mass is 32.2. The Bertz CT molecular complexity index is 142. The summed E-state index contributed by atoms with van der Waals surface area (Å²) in [6.45, 7) is 2.76. The average Bonchev–Trinajstić information content (AvgIpc) is 2.14. The van der Waals surface area contributed by atoms with E-state index in [0.29, 0.717) is 19.0 Å². The summed E-state index contributed by atoms with van der Waals surface area (Å²) in [6, 6.07) is 0.351. The minimum absolute atomic E-state index is 0.163. The van der Waals surface area contributed by atoms with Gasteiger partial charge in [0.05, 0.1) is 0 Å². The van der Waals surface area contributed by atoms with Crippen LogP contribution in [0, 0.1) is 0 Å². The summed E-state index contributed by atoms with van der Waals surface area (Å²) in [5.41, 5.74) is 0. The van der Waals surface area contributed by atoms with Crippen molar-refractivity contribution in [2.75, 3.05) is 25.6 Å². The van der Waals surface area contributed by atoms with Crippen molar-refractivity contribution < 1.29 is 4.79 Å². The molecule has 13 heavy (non-hydrogen) atoms. The quantitative estimate of drug-likeness (QED) is 0.604. The molecule has 0 heterocycles. The van der Waals surface area contributed by atoms with Crippen LogP contribution in [0.5, 0.6) is 0 Å². The molecule has 0 spiro atoms. The van der Waals surface area contributed by atoms with Crippen LogP contribution in [-0.4, -0.2) is 37.6 Å². The molecule has 0 saturated carbocycles. The number of carbonyl (C=O) groups is 1. The van der Waals surface area contributed by atoms with Crippen LogP contribution < -0.4 is 10.6 Å². The maximum atomic E-state index is 11.2. The summed E-state index contributed by atoms with van der Waals surface area (Å²) in [5.74, 6) is 1.23. The van der Waals surface area contributed by atoms with Gasteiger partial charge in [0, 0.05) is 19.0 Å². The molecule has 0 aliphatic heterocycles. The third-order valence-electron chi connectivity index (χ3n) is 1.85. The minimum Gasteiger partial charge on any atom is -0.355 e. The van der Waals surface area contributed by atoms with E-state index in [1.165, 1.54) is 0 Å². The van der Waals surface area contributed by atoms with Crippen molar-refractivity contribution in [1.82, 2.24) is 10.6 Å². The zero-order valence-corrected chi connectivity index (χ0v) is 9.54. The Morgan fingerprint density at radius 3 is 2.77 bits per heavy atom. The minimum atomic E-state index is 0.163. The topological polar surface area (TPSA) is 41.1 Å². The highest BCUT2D eigenvalue weighted by Gasteiger charge is 2.02. The molecule has 0 aliphatic carbocycles. The molecule has 0 aliphatic rings. The molecule has 0 aromatic carbocycles. The second kappa shape index (κ2) is 8.38. The van der Waals surface area contributed by atoms with Crippen LogP contribution >= 0.6 is 11.8 Å². The number of nitrogens with one attached hydrogen (secondary N) is 2. The summed E-state index contributed by atoms with van der Waals surface area (Å²) in [5, 5.41) is 5.95. The van der Waals surface area contributed by atoms with Crippen molar-refractivity contribution >= 4 is 17.7 Å². The van der Waals surface area contributed by atoms with Gasteiger partial charge in [-0.15, -0.1) is 0 Å². The SMILES string of the molecule is CNC(C)CNC(=O)CCCSC. The molecule has 78 valence electrons. The first-order valence-corrected chi connectivity index (χ1v) is 6.03. The molecule has 0 rings (SSSR count). The van der Waals surface area contributed by atoms with Crippen molar-refractivity contribution in [1.29, 1.82) is 0 Å². The molecule has 0 aromatic rings. The van der Waals surface area contributed by atoms with Gasteiger partial charge in [-0.3, -0.25) is 4.79 Å². The van der Waals surface area contributed by atoms with E-state index in [4.69, 9.17) is 0 Å². The molecule has 0 aromatic heterocycles. The maximum absolute atomic E-state index is 11.2. The average molecular weight is 204 g/mol. The van der Waals surface area contributed by atoms with Gasteiger partial charge in [0.2, 0.25) is 5.91 Å². The Balaban J connectivity index is 3.30. The normalized spacial score (nSPS) is 12.5. The molecular weight excluding hydrogens is 184 g/mol. The number of hydrogen-bond acceptors (Lipinski definition) is 3. The van der Waals surface area contributed by atoms with Gasteiger partial charge in [0.25, 0.3) is 0 Å². The first kappa shape index (κ1) is 12.8. The molecule has 0 fully saturated rings. The van der Waals surface area contributed by atoms with E-state index in [1.54, 1.807) is 11.8 Å². The van der Waals surface area contributed by atoms with Gasteiger partial charge in [-0.2, -0.15) is 11.8 Å². The van der Waals surface area contributed by atoms with E-state index in [-0.39, 0.29) is 5.91 Å². The van der Waals surface area contributed by atoms with Crippen molar-refractivity contribution in [2.24, 2.45) is 0 Å². The third kappa shape index (κ3) is 8.12. The molecule has 0 radical (unpaired) electrons. The fourth-order valence-electron chi connectivity index (χ4n) is 0.834. The second-order valence-corrected chi connectivity index (χ2v) is 4.08. The number of carbonyl (C=O) groups excluding carboxylic acids is 1. The standard InChI is InChI=1S/C9H20N2OS/c1-8(10-2)7-11-9(12)5-4-6-13-3/h8,10H,4-7H2,1-3H3,(H,11,12). The molecule has 1 amide bonds. The Kier molecular flexibility index (Phi) is 8.24. The molecule has 1 atom stereocenters. The second-order valence-electron chi connectivity index (χ2n) is 3.09. The van der Waals surface area contributed by atoms with Crippen LogP contribution in [0.25, 0.3) is 0 Å². The number of hydrogen-bond donors (Lipinski definition) is 2. The van der Waals surface area contributed by atoms with E-state index < -0.39 is 0 Å². The van der Waals surface area contributed by atoms with Crippen LogP contribution in [0.4, 0.5) is 0 Å². The highest BCUT2D eigenvalue weighted by Crippen LogP contribution is 1.98. The Labute approximate surface area is 85.0 Å². The molecule has 2 N–H and O–H groups in total. The lowest BCUT2D eigenvalue weighted by molar-refractivity contribution is -0.121. The van der Waals surface area contributed by atoms with E-state index >= 15 is 0 Å². The lowest BCUT2D eigenvalue weighted by atomic mass is 10.3. The lowest BCUT2D eigenvalue weighted by Crippen LogP contribution is -2.37. The molecule has 0 bridgehead atoms. The summed E-state index contributed by atoms with van der Waals surface area (Å²) in [7, 11) is 1.89. The third-order valence-corrected chi connectivity index (χ3v) is 2.55. The van der Waals surface area contributed by atoms with Crippen molar-refractivity contribution in [2.45, 2.75) is 25.8 Å². The largest absolute Gasteiger partial charge is 0.355 e. The van der Waals surface area contributed by atoms with Gasteiger partial charge < -0.3 is 10.6 Å². The molecule has 4 heteroatoms. The predicted octanol–water partition coefficient (Wildman–Crippen LogP) is 0.854. The molecular formula is C9H20N2OS. The molecule has 1 unspecified atom stereocenters. The van der Waals surface area contributed by atoms with Crippen LogP contribution in [0.15, 0.2) is 0 Å². The first-order chi connectivity index (χ1) is 6.20. The fraction of sp³-hybridized carbons (Fsp3) is 0.889. The number of likely N-dealkylation sites (N-methyl/N-ethyl adjacent to an activating group) is 1. The van der Waals surface area contributed by atoms with Gasteiger partial charge in [-0.25, -0.2) is 0 Å². The lowest BCUT2D eigenvalue weighted by Gasteiger charge is -2.10. The van der Waals surface area contributed by atoms with E-state index in [0.717, 1.165) is 12.2 Å². The summed E-state index contributed by atoms with van der Waals surface area (Å²) in [4.78, 5) is 11.2. The molecule has 3 nitrogen and oxygen atoms in total. The van der Waals surface area contributed by atoms with Gasteiger partial charge in [0.15, 0.2) is 0 Å². The predicted molar refractivity (Wildman–Crippen MR) is 59.1 cm³/mol. The zero-order chi connectivity index (χ0) is 10.1. The van der Waals surface area contributed by atoms with Crippen LogP contribution in [0.1, 0.15) is 19.8 Å². The summed E-state index contributed by atoms with van der Waals surface area (Å²) in [6.07, 6.45) is 3.68. The van der Waals surface area contributed by atoms with Gasteiger partial charge in [-0.05, 0) is 32.4 Å². The van der Waals surface area contributed by atoms with Crippen molar-refractivity contribution in [3.05, 3.63) is 0 Å². The Hall–Kier alpha value is -0.220. The number of amides is 1. The van der Waals surface area contributed by atoms with E-state index in [9.17, 15) is 4.79 Å². The van der Waals surface area contributed by atoms with Crippen LogP contribution in [-0.2, 0) is 4.79 Å². The smallest absolute Gasteiger partial charge is 0.220 e. The number of thioether (sulfide) groups is 1. The fourth-order valence-corrected chi connectivity index (χ4v) is 1.27.